The van der Waals surface area contributed by atoms with E-state index in [1.54, 1.807) is 0 Å². The Balaban J connectivity index is 1.66. The van der Waals surface area contributed by atoms with Crippen LogP contribution in [0.25, 0.3) is 0 Å². The molecule has 4 aliphatic rings. The molecule has 0 amide bonds. The molecule has 0 N–H and O–H groups in total. The van der Waals surface area contributed by atoms with Crippen LogP contribution in [0.3, 0.4) is 0 Å². The first-order valence-electron chi connectivity index (χ1n) is 8.14. The number of nitrogens with zero attached hydrogens (tertiary/aromatic N) is 2. The van der Waals surface area contributed by atoms with Gasteiger partial charge >= 0.3 is 0 Å². The molecule has 0 heterocycles. The van der Waals surface area contributed by atoms with Crippen LogP contribution in [0, 0.1) is 27.9 Å². The first-order chi connectivity index (χ1) is 10.9. The van der Waals surface area contributed by atoms with Gasteiger partial charge in [-0.2, -0.15) is 0 Å². The number of halogens is 1. The third-order valence-corrected chi connectivity index (χ3v) is 5.96. The summed E-state index contributed by atoms with van der Waals surface area (Å²) in [6.45, 7) is 0. The Bertz CT molecular complexity index is 666. The Morgan fingerprint density at radius 2 is 1.74 bits per heavy atom. The molecule has 0 atom stereocenters. The average molecular weight is 334 g/mol. The number of rotatable bonds is 3. The van der Waals surface area contributed by atoms with Crippen LogP contribution in [-0.4, -0.2) is 16.7 Å². The van der Waals surface area contributed by atoms with Crippen LogP contribution in [0.1, 0.15) is 44.1 Å². The lowest BCUT2D eigenvalue weighted by atomic mass is 9.53. The number of hydrogen-bond acceptors (Lipinski definition) is 4. The van der Waals surface area contributed by atoms with Gasteiger partial charge in [-0.1, -0.05) is 11.6 Å². The van der Waals surface area contributed by atoms with E-state index in [1.165, 1.54) is 31.5 Å². The lowest BCUT2D eigenvalue weighted by molar-refractivity contribution is -0.398. The topological polar surface area (TPSA) is 78.6 Å². The lowest BCUT2D eigenvalue weighted by Gasteiger charge is -2.55. The van der Waals surface area contributed by atoms with Crippen molar-refractivity contribution in [2.45, 2.75) is 44.1 Å². The molecular weight excluding hydrogens is 316 g/mol. The highest BCUT2D eigenvalue weighted by molar-refractivity contribution is 6.31. The summed E-state index contributed by atoms with van der Waals surface area (Å²) in [6, 6.07) is 2.58. The Morgan fingerprint density at radius 1 is 1.17 bits per heavy atom. The van der Waals surface area contributed by atoms with Gasteiger partial charge in [0.1, 0.15) is 0 Å². The van der Waals surface area contributed by atoms with E-state index in [1.807, 2.05) is 0 Å². The number of benzene rings is 1. The van der Waals surface area contributed by atoms with E-state index < -0.39 is 16.4 Å². The summed E-state index contributed by atoms with van der Waals surface area (Å²) in [5.74, 6) is 1.68. The number of nitro benzene ring substituents is 1. The first kappa shape index (κ1) is 14.9. The minimum atomic E-state index is -0.684. The Labute approximate surface area is 139 Å². The molecular formula is C17H18ClN2O3-. The number of hydrogen-bond donors (Lipinski definition) is 0. The Morgan fingerprint density at radius 3 is 2.26 bits per heavy atom. The lowest BCUT2D eigenvalue weighted by Crippen LogP contribution is -2.49. The van der Waals surface area contributed by atoms with Crippen molar-refractivity contribution in [2.24, 2.45) is 22.7 Å². The maximum absolute atomic E-state index is 12.2. The summed E-state index contributed by atoms with van der Waals surface area (Å²) >= 11 is 5.92. The largest absolute Gasteiger partial charge is 0.867 e. The van der Waals surface area contributed by atoms with E-state index in [4.69, 9.17) is 16.6 Å². The number of aliphatic imine (C=N–C) groups is 1. The molecule has 1 aromatic carbocycles. The van der Waals surface area contributed by atoms with Crippen LogP contribution >= 0.6 is 11.6 Å². The smallest absolute Gasteiger partial charge is 0.263 e. The van der Waals surface area contributed by atoms with Crippen LogP contribution in [0.15, 0.2) is 17.1 Å². The molecule has 0 aromatic heterocycles. The highest BCUT2D eigenvalue weighted by Gasteiger charge is 2.50. The minimum Gasteiger partial charge on any atom is -0.867 e. The monoisotopic (exact) mass is 333 g/mol. The fourth-order valence-electron chi connectivity index (χ4n) is 5.26. The second-order valence-electron chi connectivity index (χ2n) is 7.50. The van der Waals surface area contributed by atoms with Crippen LogP contribution in [0.5, 0.6) is 5.75 Å². The second-order valence-corrected chi connectivity index (χ2v) is 7.94. The van der Waals surface area contributed by atoms with Gasteiger partial charge in [-0.25, -0.2) is 0 Å². The van der Waals surface area contributed by atoms with Crippen molar-refractivity contribution in [3.8, 4) is 5.75 Å². The van der Waals surface area contributed by atoms with E-state index in [9.17, 15) is 15.2 Å². The molecule has 4 saturated carbocycles. The van der Waals surface area contributed by atoms with E-state index in [0.717, 1.165) is 43.1 Å². The maximum Gasteiger partial charge on any atom is 0.263 e. The van der Waals surface area contributed by atoms with Gasteiger partial charge in [0.25, 0.3) is 5.69 Å². The SMILES string of the molecule is O=[N+]([O-])c1cc(Cl)cc(C=NC23CC4CC(CC(C4)C2)C3)c1[O-]. The third-order valence-electron chi connectivity index (χ3n) is 5.74. The summed E-state index contributed by atoms with van der Waals surface area (Å²) in [5.41, 5.74) is -0.317. The summed E-state index contributed by atoms with van der Waals surface area (Å²) in [4.78, 5) is 15.1. The zero-order chi connectivity index (χ0) is 16.2. The van der Waals surface area contributed by atoms with Gasteiger partial charge in [0.15, 0.2) is 0 Å². The molecule has 0 spiro atoms. The molecule has 4 bridgehead atoms. The van der Waals surface area contributed by atoms with Crippen molar-refractivity contribution in [2.75, 3.05) is 0 Å². The molecule has 1 aromatic rings. The predicted octanol–water partition coefficient (Wildman–Crippen LogP) is 3.71. The Hall–Kier alpha value is -1.62. The average Bonchev–Trinajstić information content (AvgIpc) is 2.46. The molecule has 6 heteroatoms. The van der Waals surface area contributed by atoms with Crippen LogP contribution < -0.4 is 5.11 Å². The molecule has 5 nitrogen and oxygen atoms in total. The first-order valence-corrected chi connectivity index (χ1v) is 8.52. The van der Waals surface area contributed by atoms with E-state index in [2.05, 4.69) is 0 Å². The summed E-state index contributed by atoms with van der Waals surface area (Å²) in [7, 11) is 0. The molecule has 0 unspecified atom stereocenters. The van der Waals surface area contributed by atoms with Crippen LogP contribution in [0.4, 0.5) is 5.69 Å². The minimum absolute atomic E-state index is 0.0573. The standard InChI is InChI=1S/C17H19ClN2O3/c18-14-4-13(16(21)15(5-14)20(22)23)9-19-17-6-10-1-11(7-17)3-12(2-10)8-17/h4-5,9-12,21H,1-3,6-8H2/p-1. The van der Waals surface area contributed by atoms with Crippen LogP contribution in [0.2, 0.25) is 5.02 Å². The van der Waals surface area contributed by atoms with Gasteiger partial charge in [-0.05, 0) is 73.7 Å². The third kappa shape index (κ3) is 2.61. The quantitative estimate of drug-likeness (QED) is 0.480. The molecule has 23 heavy (non-hydrogen) atoms. The fourth-order valence-corrected chi connectivity index (χ4v) is 5.48. The summed E-state index contributed by atoms with van der Waals surface area (Å²) < 4.78 is 0. The van der Waals surface area contributed by atoms with Crippen LogP contribution in [-0.2, 0) is 0 Å². The van der Waals surface area contributed by atoms with E-state index in [-0.39, 0.29) is 16.1 Å². The summed E-state index contributed by atoms with van der Waals surface area (Å²) in [5, 5.41) is 23.3. The van der Waals surface area contributed by atoms with Gasteiger partial charge in [0, 0.05) is 17.3 Å². The van der Waals surface area contributed by atoms with Gasteiger partial charge in [0.05, 0.1) is 10.5 Å². The molecule has 5 rings (SSSR count). The molecule has 0 aliphatic heterocycles. The Kier molecular flexibility index (Phi) is 3.38. The maximum atomic E-state index is 12.2. The summed E-state index contributed by atoms with van der Waals surface area (Å²) in [6.07, 6.45) is 8.78. The predicted molar refractivity (Wildman–Crippen MR) is 86.0 cm³/mol. The van der Waals surface area contributed by atoms with Crippen molar-refractivity contribution in [3.63, 3.8) is 0 Å². The molecule has 0 saturated heterocycles. The normalized spacial score (nSPS) is 35.1. The molecule has 4 fully saturated rings. The highest BCUT2D eigenvalue weighted by atomic mass is 35.5. The van der Waals surface area contributed by atoms with E-state index >= 15 is 0 Å². The second kappa shape index (κ2) is 5.20. The van der Waals surface area contributed by atoms with Crippen molar-refractivity contribution < 1.29 is 10.0 Å². The number of nitro groups is 1. The fraction of sp³-hybridized carbons (Fsp3) is 0.588. The van der Waals surface area contributed by atoms with Crippen molar-refractivity contribution in [1.82, 2.24) is 0 Å². The molecule has 122 valence electrons. The molecule has 4 aliphatic carbocycles. The molecule has 0 radical (unpaired) electrons. The van der Waals surface area contributed by atoms with Crippen molar-refractivity contribution in [1.29, 1.82) is 0 Å². The van der Waals surface area contributed by atoms with Gasteiger partial charge in [-0.3, -0.25) is 15.1 Å². The van der Waals surface area contributed by atoms with E-state index in [0.29, 0.717) is 0 Å². The zero-order valence-corrected chi connectivity index (χ0v) is 13.5. The zero-order valence-electron chi connectivity index (χ0n) is 12.7. The van der Waals surface area contributed by atoms with Gasteiger partial charge < -0.3 is 5.11 Å². The van der Waals surface area contributed by atoms with Gasteiger partial charge in [-0.15, -0.1) is 0 Å². The van der Waals surface area contributed by atoms with Crippen molar-refractivity contribution >= 4 is 23.5 Å². The highest BCUT2D eigenvalue weighted by Crippen LogP contribution is 2.57. The van der Waals surface area contributed by atoms with Gasteiger partial charge in [0.2, 0.25) is 0 Å². The van der Waals surface area contributed by atoms with Crippen molar-refractivity contribution in [3.05, 3.63) is 32.8 Å².